The molecule has 1 aromatic rings. The summed E-state index contributed by atoms with van der Waals surface area (Å²) in [5.74, 6) is 0.0536. The summed E-state index contributed by atoms with van der Waals surface area (Å²) in [6, 6.07) is 7.36. The summed E-state index contributed by atoms with van der Waals surface area (Å²) in [6.45, 7) is 4.87. The highest BCUT2D eigenvalue weighted by Gasteiger charge is 2.28. The molecule has 5 heteroatoms. The molecule has 2 N–H and O–H groups in total. The Morgan fingerprint density at radius 2 is 2.19 bits per heavy atom. The molecular weight excluding hydrogens is 270 g/mol. The first-order chi connectivity index (χ1) is 10.1. The van der Waals surface area contributed by atoms with E-state index < -0.39 is 5.92 Å². The van der Waals surface area contributed by atoms with Gasteiger partial charge in [0.15, 0.2) is 0 Å². The molecule has 0 amide bonds. The molecule has 0 aliphatic carbocycles. The number of hydrogen-bond donors (Lipinski definition) is 2. The maximum Gasteiger partial charge on any atom is 0.314 e. The molecule has 0 aliphatic rings. The normalized spacial score (nSPS) is 13.5. The van der Waals surface area contributed by atoms with Crippen LogP contribution in [0.15, 0.2) is 24.3 Å². The topological polar surface area (TPSA) is 67.8 Å². The standard InChI is InChI=1S/C16H25NO4/c1-4-21-16(19)15(12(2)17-9-6-10-18)13-7-5-8-14(11-13)20-3/h5,7-8,11-12,15,17-18H,4,6,9-10H2,1-3H3/t12-,15+/m0/s1. The van der Waals surface area contributed by atoms with Gasteiger partial charge in [0.05, 0.1) is 19.6 Å². The quantitative estimate of drug-likeness (QED) is 0.536. The Labute approximate surface area is 126 Å². The fourth-order valence-corrected chi connectivity index (χ4v) is 2.22. The number of methoxy groups -OCH3 is 1. The molecule has 0 radical (unpaired) electrons. The monoisotopic (exact) mass is 295 g/mol. The number of aliphatic hydroxyl groups excluding tert-OH is 1. The molecule has 0 spiro atoms. The van der Waals surface area contributed by atoms with Crippen LogP contribution >= 0.6 is 0 Å². The Balaban J connectivity index is 2.92. The Morgan fingerprint density at radius 1 is 1.43 bits per heavy atom. The lowest BCUT2D eigenvalue weighted by Gasteiger charge is -2.24. The average Bonchev–Trinajstić information content (AvgIpc) is 2.48. The van der Waals surface area contributed by atoms with Crippen molar-refractivity contribution in [3.05, 3.63) is 29.8 Å². The van der Waals surface area contributed by atoms with Crippen LogP contribution in [0.2, 0.25) is 0 Å². The molecule has 21 heavy (non-hydrogen) atoms. The summed E-state index contributed by atoms with van der Waals surface area (Å²) in [7, 11) is 1.60. The Morgan fingerprint density at radius 3 is 2.81 bits per heavy atom. The molecule has 2 atom stereocenters. The van der Waals surface area contributed by atoms with Crippen molar-refractivity contribution < 1.29 is 19.4 Å². The molecule has 0 unspecified atom stereocenters. The van der Waals surface area contributed by atoms with Gasteiger partial charge in [-0.15, -0.1) is 0 Å². The van der Waals surface area contributed by atoms with Crippen molar-refractivity contribution in [2.45, 2.75) is 32.2 Å². The second-order valence-corrected chi connectivity index (χ2v) is 4.83. The maximum absolute atomic E-state index is 12.3. The molecule has 0 bridgehead atoms. The van der Waals surface area contributed by atoms with Gasteiger partial charge in [0.25, 0.3) is 0 Å². The predicted molar refractivity (Wildman–Crippen MR) is 81.5 cm³/mol. The van der Waals surface area contributed by atoms with E-state index in [-0.39, 0.29) is 18.6 Å². The van der Waals surface area contributed by atoms with E-state index in [1.807, 2.05) is 31.2 Å². The Hall–Kier alpha value is -1.59. The Bertz CT molecular complexity index is 436. The number of hydrogen-bond acceptors (Lipinski definition) is 5. The van der Waals surface area contributed by atoms with Crippen LogP contribution in [0.25, 0.3) is 0 Å². The van der Waals surface area contributed by atoms with E-state index in [1.54, 1.807) is 14.0 Å². The third-order valence-corrected chi connectivity index (χ3v) is 3.29. The smallest absolute Gasteiger partial charge is 0.314 e. The third-order valence-electron chi connectivity index (χ3n) is 3.29. The molecule has 0 saturated carbocycles. The zero-order valence-electron chi connectivity index (χ0n) is 13.0. The van der Waals surface area contributed by atoms with Gasteiger partial charge in [0, 0.05) is 12.6 Å². The SMILES string of the molecule is CCOC(=O)[C@@H](c1cccc(OC)c1)[C@H](C)NCCCO. The lowest BCUT2D eigenvalue weighted by atomic mass is 9.92. The van der Waals surface area contributed by atoms with Crippen molar-refractivity contribution >= 4 is 5.97 Å². The number of carbonyl (C=O) groups is 1. The first-order valence-corrected chi connectivity index (χ1v) is 7.28. The summed E-state index contributed by atoms with van der Waals surface area (Å²) < 4.78 is 10.4. The van der Waals surface area contributed by atoms with Gasteiger partial charge in [-0.05, 0) is 44.5 Å². The van der Waals surface area contributed by atoms with Crippen LogP contribution < -0.4 is 10.1 Å². The number of ether oxygens (including phenoxy) is 2. The van der Waals surface area contributed by atoms with Gasteiger partial charge < -0.3 is 19.9 Å². The van der Waals surface area contributed by atoms with E-state index in [0.717, 1.165) is 5.56 Å². The average molecular weight is 295 g/mol. The maximum atomic E-state index is 12.3. The van der Waals surface area contributed by atoms with Crippen LogP contribution in [0.4, 0.5) is 0 Å². The zero-order valence-corrected chi connectivity index (χ0v) is 13.0. The molecule has 0 aliphatic heterocycles. The number of benzene rings is 1. The van der Waals surface area contributed by atoms with Gasteiger partial charge >= 0.3 is 5.97 Å². The molecule has 0 saturated heterocycles. The van der Waals surface area contributed by atoms with Crippen LogP contribution in [-0.2, 0) is 9.53 Å². The molecule has 0 heterocycles. The van der Waals surface area contributed by atoms with E-state index in [2.05, 4.69) is 5.32 Å². The van der Waals surface area contributed by atoms with Gasteiger partial charge in [-0.2, -0.15) is 0 Å². The predicted octanol–water partition coefficient (Wildman–Crippen LogP) is 1.70. The second-order valence-electron chi connectivity index (χ2n) is 4.83. The lowest BCUT2D eigenvalue weighted by molar-refractivity contribution is -0.145. The van der Waals surface area contributed by atoms with Gasteiger partial charge in [0.2, 0.25) is 0 Å². The van der Waals surface area contributed by atoms with E-state index in [1.165, 1.54) is 0 Å². The molecule has 1 aromatic carbocycles. The van der Waals surface area contributed by atoms with Crippen LogP contribution in [0, 0.1) is 0 Å². The highest BCUT2D eigenvalue weighted by molar-refractivity contribution is 5.79. The number of nitrogens with one attached hydrogen (secondary N) is 1. The highest BCUT2D eigenvalue weighted by atomic mass is 16.5. The zero-order chi connectivity index (χ0) is 15.7. The van der Waals surface area contributed by atoms with Crippen molar-refractivity contribution in [1.29, 1.82) is 0 Å². The lowest BCUT2D eigenvalue weighted by Crippen LogP contribution is -2.38. The minimum atomic E-state index is -0.404. The van der Waals surface area contributed by atoms with Crippen molar-refractivity contribution in [1.82, 2.24) is 5.32 Å². The van der Waals surface area contributed by atoms with Crippen molar-refractivity contribution in [2.75, 3.05) is 26.9 Å². The molecule has 0 fully saturated rings. The molecule has 5 nitrogen and oxygen atoms in total. The second kappa shape index (κ2) is 9.37. The van der Waals surface area contributed by atoms with Crippen LogP contribution in [0.1, 0.15) is 31.7 Å². The fraction of sp³-hybridized carbons (Fsp3) is 0.562. The highest BCUT2D eigenvalue weighted by Crippen LogP contribution is 2.25. The number of esters is 1. The van der Waals surface area contributed by atoms with E-state index in [0.29, 0.717) is 25.3 Å². The number of carbonyl (C=O) groups excluding carboxylic acids is 1. The van der Waals surface area contributed by atoms with E-state index in [9.17, 15) is 4.79 Å². The fourth-order valence-electron chi connectivity index (χ4n) is 2.22. The third kappa shape index (κ3) is 5.36. The summed E-state index contributed by atoms with van der Waals surface area (Å²) in [6.07, 6.45) is 0.651. The van der Waals surface area contributed by atoms with Crippen LogP contribution in [0.3, 0.4) is 0 Å². The largest absolute Gasteiger partial charge is 0.497 e. The van der Waals surface area contributed by atoms with Gasteiger partial charge in [-0.25, -0.2) is 0 Å². The number of aliphatic hydroxyl groups is 1. The Kier molecular flexibility index (Phi) is 7.79. The number of rotatable bonds is 9. The van der Waals surface area contributed by atoms with Gasteiger partial charge in [0.1, 0.15) is 5.75 Å². The molecular formula is C16H25NO4. The summed E-state index contributed by atoms with van der Waals surface area (Å²) in [4.78, 5) is 12.3. The van der Waals surface area contributed by atoms with Gasteiger partial charge in [-0.1, -0.05) is 12.1 Å². The summed E-state index contributed by atoms with van der Waals surface area (Å²) in [5, 5.41) is 12.1. The minimum Gasteiger partial charge on any atom is -0.497 e. The van der Waals surface area contributed by atoms with Crippen molar-refractivity contribution in [3.8, 4) is 5.75 Å². The van der Waals surface area contributed by atoms with Crippen LogP contribution in [0.5, 0.6) is 5.75 Å². The summed E-state index contributed by atoms with van der Waals surface area (Å²) >= 11 is 0. The van der Waals surface area contributed by atoms with Crippen LogP contribution in [-0.4, -0.2) is 44.0 Å². The summed E-state index contributed by atoms with van der Waals surface area (Å²) in [5.41, 5.74) is 0.858. The van der Waals surface area contributed by atoms with Gasteiger partial charge in [-0.3, -0.25) is 4.79 Å². The molecule has 0 aromatic heterocycles. The molecule has 1 rings (SSSR count). The van der Waals surface area contributed by atoms with E-state index >= 15 is 0 Å². The van der Waals surface area contributed by atoms with Crippen molar-refractivity contribution in [3.63, 3.8) is 0 Å². The van der Waals surface area contributed by atoms with Crippen molar-refractivity contribution in [2.24, 2.45) is 0 Å². The molecule has 118 valence electrons. The first-order valence-electron chi connectivity index (χ1n) is 7.28. The first kappa shape index (κ1) is 17.5. The minimum absolute atomic E-state index is 0.0947. The van der Waals surface area contributed by atoms with E-state index in [4.69, 9.17) is 14.6 Å².